The van der Waals surface area contributed by atoms with Crippen LogP contribution < -0.4 is 5.73 Å². The molecule has 0 bridgehead atoms. The van der Waals surface area contributed by atoms with Gasteiger partial charge in [-0.3, -0.25) is 0 Å². The summed E-state index contributed by atoms with van der Waals surface area (Å²) in [7, 11) is 0. The number of hydrogen-bond acceptors (Lipinski definition) is 1. The van der Waals surface area contributed by atoms with Gasteiger partial charge in [0.15, 0.2) is 0 Å². The minimum Gasteiger partial charge on any atom is -0.336 e. The first-order chi connectivity index (χ1) is 11.8. The quantitative estimate of drug-likeness (QED) is 0.584. The molecule has 0 spiro atoms. The van der Waals surface area contributed by atoms with E-state index < -0.39 is 0 Å². The van der Waals surface area contributed by atoms with E-state index in [9.17, 15) is 0 Å². The van der Waals surface area contributed by atoms with E-state index in [0.717, 1.165) is 13.0 Å². The lowest BCUT2D eigenvalue weighted by Crippen LogP contribution is -2.03. The van der Waals surface area contributed by atoms with E-state index in [2.05, 4.69) is 78.2 Å². The van der Waals surface area contributed by atoms with Crippen molar-refractivity contribution in [2.24, 2.45) is 5.73 Å². The maximum Gasteiger partial charge on any atom is 0.0497 e. The SMILES string of the molecule is Cc1ccc2c(c1)c1c(CCN)cccc1n2Cc1ccccc1. The monoisotopic (exact) mass is 314 g/mol. The van der Waals surface area contributed by atoms with Gasteiger partial charge >= 0.3 is 0 Å². The lowest BCUT2D eigenvalue weighted by Gasteiger charge is -2.08. The number of nitrogens with zero attached hydrogens (tertiary/aromatic N) is 1. The number of benzene rings is 3. The van der Waals surface area contributed by atoms with Crippen molar-refractivity contribution >= 4 is 21.8 Å². The molecule has 0 saturated carbocycles. The maximum absolute atomic E-state index is 5.85. The Morgan fingerprint density at radius 2 is 1.71 bits per heavy atom. The Balaban J connectivity index is 2.02. The molecule has 0 amide bonds. The predicted molar refractivity (Wildman–Crippen MR) is 102 cm³/mol. The summed E-state index contributed by atoms with van der Waals surface area (Å²) < 4.78 is 2.43. The van der Waals surface area contributed by atoms with Gasteiger partial charge in [-0.1, -0.05) is 54.1 Å². The average Bonchev–Trinajstić information content (AvgIpc) is 2.90. The summed E-state index contributed by atoms with van der Waals surface area (Å²) in [6.45, 7) is 3.72. The van der Waals surface area contributed by atoms with E-state index in [4.69, 9.17) is 5.73 Å². The third-order valence-electron chi connectivity index (χ3n) is 4.73. The summed E-state index contributed by atoms with van der Waals surface area (Å²) in [6, 6.07) is 24.0. The fourth-order valence-electron chi connectivity index (χ4n) is 3.64. The fraction of sp³-hybridized carbons (Fsp3) is 0.182. The van der Waals surface area contributed by atoms with Crippen LogP contribution in [-0.2, 0) is 13.0 Å². The topological polar surface area (TPSA) is 30.9 Å². The van der Waals surface area contributed by atoms with Gasteiger partial charge in [-0.15, -0.1) is 0 Å². The summed E-state index contributed by atoms with van der Waals surface area (Å²) in [5, 5.41) is 2.70. The zero-order valence-electron chi connectivity index (χ0n) is 14.0. The van der Waals surface area contributed by atoms with Crippen LogP contribution in [0.2, 0.25) is 0 Å². The Kier molecular flexibility index (Phi) is 3.83. The molecule has 0 aliphatic heterocycles. The number of nitrogens with two attached hydrogens (primary N) is 1. The van der Waals surface area contributed by atoms with Gasteiger partial charge in [-0.05, 0) is 49.2 Å². The Morgan fingerprint density at radius 1 is 0.875 bits per heavy atom. The molecule has 0 aliphatic carbocycles. The average molecular weight is 314 g/mol. The second-order valence-electron chi connectivity index (χ2n) is 6.44. The van der Waals surface area contributed by atoms with Gasteiger partial charge in [0.1, 0.15) is 0 Å². The smallest absolute Gasteiger partial charge is 0.0497 e. The van der Waals surface area contributed by atoms with E-state index in [1.54, 1.807) is 0 Å². The summed E-state index contributed by atoms with van der Waals surface area (Å²) >= 11 is 0. The summed E-state index contributed by atoms with van der Waals surface area (Å²) in [6.07, 6.45) is 0.912. The number of aromatic nitrogens is 1. The minimum absolute atomic E-state index is 0.677. The van der Waals surface area contributed by atoms with Crippen molar-refractivity contribution < 1.29 is 0 Å². The Bertz CT molecular complexity index is 997. The van der Waals surface area contributed by atoms with Crippen molar-refractivity contribution in [3.8, 4) is 0 Å². The predicted octanol–water partition coefficient (Wildman–Crippen LogP) is 4.65. The molecule has 0 saturated heterocycles. The first-order valence-electron chi connectivity index (χ1n) is 8.52. The van der Waals surface area contributed by atoms with E-state index in [0.29, 0.717) is 6.54 Å². The molecule has 0 aliphatic rings. The molecule has 0 fully saturated rings. The normalized spacial score (nSPS) is 11.4. The lowest BCUT2D eigenvalue weighted by atomic mass is 10.0. The van der Waals surface area contributed by atoms with E-state index >= 15 is 0 Å². The molecule has 2 nitrogen and oxygen atoms in total. The summed E-state index contributed by atoms with van der Waals surface area (Å²) in [4.78, 5) is 0. The molecular formula is C22H22N2. The van der Waals surface area contributed by atoms with Crippen molar-refractivity contribution in [2.45, 2.75) is 19.9 Å². The molecule has 0 radical (unpaired) electrons. The van der Waals surface area contributed by atoms with Crippen LogP contribution in [0, 0.1) is 6.92 Å². The van der Waals surface area contributed by atoms with Crippen molar-refractivity contribution in [3.63, 3.8) is 0 Å². The van der Waals surface area contributed by atoms with Crippen molar-refractivity contribution in [1.82, 2.24) is 4.57 Å². The number of fused-ring (bicyclic) bond motifs is 3. The van der Waals surface area contributed by atoms with Crippen LogP contribution in [0.25, 0.3) is 21.8 Å². The van der Waals surface area contributed by atoms with E-state index in [-0.39, 0.29) is 0 Å². The molecular weight excluding hydrogens is 292 g/mol. The van der Waals surface area contributed by atoms with Crippen LogP contribution in [0.5, 0.6) is 0 Å². The van der Waals surface area contributed by atoms with Crippen molar-refractivity contribution in [2.75, 3.05) is 6.54 Å². The highest BCUT2D eigenvalue weighted by Gasteiger charge is 2.13. The van der Waals surface area contributed by atoms with Crippen LogP contribution in [0.4, 0.5) is 0 Å². The van der Waals surface area contributed by atoms with E-state index in [1.165, 1.54) is 38.5 Å². The third kappa shape index (κ3) is 2.49. The summed E-state index contributed by atoms with van der Waals surface area (Å²) in [5.41, 5.74) is 12.4. The van der Waals surface area contributed by atoms with Gasteiger partial charge in [-0.25, -0.2) is 0 Å². The second kappa shape index (κ2) is 6.14. The molecule has 2 N–H and O–H groups in total. The van der Waals surface area contributed by atoms with Gasteiger partial charge in [0.25, 0.3) is 0 Å². The van der Waals surface area contributed by atoms with Gasteiger partial charge < -0.3 is 10.3 Å². The molecule has 1 heterocycles. The van der Waals surface area contributed by atoms with Gasteiger partial charge in [0.2, 0.25) is 0 Å². The zero-order valence-corrected chi connectivity index (χ0v) is 14.0. The highest BCUT2D eigenvalue weighted by Crippen LogP contribution is 2.33. The number of aryl methyl sites for hydroxylation is 1. The summed E-state index contributed by atoms with van der Waals surface area (Å²) in [5.74, 6) is 0. The Hall–Kier alpha value is -2.58. The van der Waals surface area contributed by atoms with Crippen LogP contribution in [-0.4, -0.2) is 11.1 Å². The molecule has 2 heteroatoms. The minimum atomic E-state index is 0.677. The third-order valence-corrected chi connectivity index (χ3v) is 4.73. The molecule has 120 valence electrons. The highest BCUT2D eigenvalue weighted by molar-refractivity contribution is 6.10. The molecule has 0 atom stereocenters. The maximum atomic E-state index is 5.85. The molecule has 3 aromatic carbocycles. The van der Waals surface area contributed by atoms with Gasteiger partial charge in [0.05, 0.1) is 0 Å². The standard InChI is InChI=1S/C22H22N2/c1-16-10-11-20-19(14-16)22-18(12-13-23)8-5-9-21(22)24(20)15-17-6-3-2-4-7-17/h2-11,14H,12-13,15,23H2,1H3. The largest absolute Gasteiger partial charge is 0.336 e. The van der Waals surface area contributed by atoms with Gasteiger partial charge in [-0.2, -0.15) is 0 Å². The second-order valence-corrected chi connectivity index (χ2v) is 6.44. The van der Waals surface area contributed by atoms with Crippen LogP contribution >= 0.6 is 0 Å². The molecule has 24 heavy (non-hydrogen) atoms. The molecule has 1 aromatic heterocycles. The zero-order chi connectivity index (χ0) is 16.5. The molecule has 4 rings (SSSR count). The number of hydrogen-bond donors (Lipinski definition) is 1. The highest BCUT2D eigenvalue weighted by atomic mass is 15.0. The first-order valence-corrected chi connectivity index (χ1v) is 8.52. The van der Waals surface area contributed by atoms with Crippen LogP contribution in [0.1, 0.15) is 16.7 Å². The van der Waals surface area contributed by atoms with E-state index in [1.807, 2.05) is 0 Å². The molecule has 4 aromatic rings. The lowest BCUT2D eigenvalue weighted by molar-refractivity contribution is 0.868. The Morgan fingerprint density at radius 3 is 2.50 bits per heavy atom. The van der Waals surface area contributed by atoms with Gasteiger partial charge in [0, 0.05) is 28.4 Å². The van der Waals surface area contributed by atoms with Crippen LogP contribution in [0.15, 0.2) is 66.7 Å². The van der Waals surface area contributed by atoms with Crippen molar-refractivity contribution in [3.05, 3.63) is 83.4 Å². The molecule has 0 unspecified atom stereocenters. The van der Waals surface area contributed by atoms with Crippen molar-refractivity contribution in [1.29, 1.82) is 0 Å². The first kappa shape index (κ1) is 15.0. The fourth-order valence-corrected chi connectivity index (χ4v) is 3.64. The van der Waals surface area contributed by atoms with Crippen LogP contribution in [0.3, 0.4) is 0 Å². The number of rotatable bonds is 4. The Labute approximate surface area is 142 Å².